The van der Waals surface area contributed by atoms with E-state index in [4.69, 9.17) is 0 Å². The van der Waals surface area contributed by atoms with Gasteiger partial charge in [0, 0.05) is 6.04 Å². The Hall–Kier alpha value is -1.55. The molecule has 20 heavy (non-hydrogen) atoms. The van der Waals surface area contributed by atoms with Crippen LogP contribution in [-0.4, -0.2) is 32.0 Å². The molecule has 1 aliphatic rings. The van der Waals surface area contributed by atoms with Crippen molar-refractivity contribution in [3.63, 3.8) is 0 Å². The zero-order valence-corrected chi connectivity index (χ0v) is 12.6. The molecule has 2 rings (SSSR count). The molecule has 0 bridgehead atoms. The van der Waals surface area contributed by atoms with Gasteiger partial charge in [-0.15, -0.1) is 10.2 Å². The predicted molar refractivity (Wildman–Crippen MR) is 76.1 cm³/mol. The van der Waals surface area contributed by atoms with Crippen molar-refractivity contribution in [3.8, 4) is 6.07 Å². The number of nitrogens with zero attached hydrogens (tertiary/aromatic N) is 4. The molecule has 0 spiro atoms. The molecule has 1 heterocycles. The summed E-state index contributed by atoms with van der Waals surface area (Å²) in [7, 11) is 0. The lowest BCUT2D eigenvalue weighted by Gasteiger charge is -2.21. The van der Waals surface area contributed by atoms with Crippen LogP contribution in [0.4, 0.5) is 0 Å². The molecule has 1 aromatic rings. The molecule has 1 saturated carbocycles. The average Bonchev–Trinajstić information content (AvgIpc) is 3.05. The van der Waals surface area contributed by atoms with E-state index in [0.29, 0.717) is 0 Å². The molecule has 0 radical (unpaired) electrons. The zero-order valence-electron chi connectivity index (χ0n) is 11.8. The normalized spacial score (nSPS) is 17.1. The Morgan fingerprint density at radius 2 is 2.30 bits per heavy atom. The van der Waals surface area contributed by atoms with Crippen molar-refractivity contribution >= 4 is 17.7 Å². The number of amides is 1. The highest BCUT2D eigenvalue weighted by molar-refractivity contribution is 7.99. The number of carbonyl (C=O) groups is 1. The fourth-order valence-corrected chi connectivity index (χ4v) is 3.21. The summed E-state index contributed by atoms with van der Waals surface area (Å²) in [6.45, 7) is 4.08. The summed E-state index contributed by atoms with van der Waals surface area (Å²) in [4.78, 5) is 12.0. The maximum Gasteiger partial charge on any atom is 0.231 e. The van der Waals surface area contributed by atoms with E-state index in [-0.39, 0.29) is 17.7 Å². The summed E-state index contributed by atoms with van der Waals surface area (Å²) in [6, 6.07) is 2.52. The highest BCUT2D eigenvalue weighted by Gasteiger charge is 2.35. The Morgan fingerprint density at radius 3 is 2.90 bits per heavy atom. The lowest BCUT2D eigenvalue weighted by molar-refractivity contribution is -0.119. The third-order valence-corrected chi connectivity index (χ3v) is 4.44. The van der Waals surface area contributed by atoms with Crippen molar-refractivity contribution in [2.24, 2.45) is 0 Å². The molecule has 1 aromatic heterocycles. The fraction of sp³-hybridized carbons (Fsp3) is 0.692. The van der Waals surface area contributed by atoms with Gasteiger partial charge < -0.3 is 9.88 Å². The van der Waals surface area contributed by atoms with Crippen LogP contribution in [0.1, 0.15) is 45.6 Å². The van der Waals surface area contributed by atoms with E-state index in [2.05, 4.69) is 21.6 Å². The average molecular weight is 293 g/mol. The lowest BCUT2D eigenvalue weighted by atomic mass is 10.0. The van der Waals surface area contributed by atoms with Gasteiger partial charge in [-0.05, 0) is 39.5 Å². The molecule has 0 atom stereocenters. The summed E-state index contributed by atoms with van der Waals surface area (Å²) in [5.41, 5.74) is -0.649. The Kier molecular flexibility index (Phi) is 4.65. The summed E-state index contributed by atoms with van der Waals surface area (Å²) in [5, 5.41) is 20.7. The molecule has 108 valence electrons. The minimum atomic E-state index is -0.649. The van der Waals surface area contributed by atoms with E-state index in [1.807, 2.05) is 18.4 Å². The van der Waals surface area contributed by atoms with E-state index in [1.165, 1.54) is 11.8 Å². The first-order valence-electron chi connectivity index (χ1n) is 6.81. The lowest BCUT2D eigenvalue weighted by Crippen LogP contribution is -2.45. The van der Waals surface area contributed by atoms with Gasteiger partial charge in [-0.3, -0.25) is 4.79 Å². The number of nitriles is 1. The van der Waals surface area contributed by atoms with Crippen molar-refractivity contribution in [1.29, 1.82) is 5.26 Å². The van der Waals surface area contributed by atoms with E-state index in [1.54, 1.807) is 6.33 Å². The highest BCUT2D eigenvalue weighted by atomic mass is 32.2. The Labute approximate surface area is 122 Å². The van der Waals surface area contributed by atoms with Gasteiger partial charge in [-0.1, -0.05) is 11.8 Å². The molecule has 7 heteroatoms. The number of rotatable bonds is 5. The molecule has 1 aliphatic carbocycles. The topological polar surface area (TPSA) is 83.6 Å². The molecule has 6 nitrogen and oxygen atoms in total. The Morgan fingerprint density at radius 1 is 1.60 bits per heavy atom. The first-order chi connectivity index (χ1) is 9.56. The number of thioether (sulfide) groups is 1. The second-order valence-corrected chi connectivity index (χ2v) is 6.29. The van der Waals surface area contributed by atoms with Crippen LogP contribution in [0.25, 0.3) is 0 Å². The fourth-order valence-electron chi connectivity index (χ4n) is 2.37. The van der Waals surface area contributed by atoms with Crippen molar-refractivity contribution in [3.05, 3.63) is 6.33 Å². The van der Waals surface area contributed by atoms with Crippen LogP contribution in [0.3, 0.4) is 0 Å². The first-order valence-corrected chi connectivity index (χ1v) is 7.79. The number of aromatic nitrogens is 3. The van der Waals surface area contributed by atoms with Crippen molar-refractivity contribution in [2.45, 2.75) is 56.3 Å². The SMILES string of the molecule is CC(C)n1cnnc1SCC(=O)NC1(C#N)CCCC1. The standard InChI is InChI=1S/C13H19N5OS/c1-10(2)18-9-15-17-12(18)20-7-11(19)16-13(8-14)5-3-4-6-13/h9-10H,3-7H2,1-2H3,(H,16,19). The minimum absolute atomic E-state index is 0.114. The van der Waals surface area contributed by atoms with Gasteiger partial charge >= 0.3 is 0 Å². The van der Waals surface area contributed by atoms with E-state index >= 15 is 0 Å². The maximum absolute atomic E-state index is 12.0. The monoisotopic (exact) mass is 293 g/mol. The minimum Gasteiger partial charge on any atom is -0.337 e. The van der Waals surface area contributed by atoms with E-state index < -0.39 is 5.54 Å². The van der Waals surface area contributed by atoms with Gasteiger partial charge in [-0.25, -0.2) is 0 Å². The quantitative estimate of drug-likeness (QED) is 0.838. The summed E-state index contributed by atoms with van der Waals surface area (Å²) in [6.07, 6.45) is 5.17. The molecule has 0 unspecified atom stereocenters. The maximum atomic E-state index is 12.0. The highest BCUT2D eigenvalue weighted by Crippen LogP contribution is 2.29. The predicted octanol–water partition coefficient (Wildman–Crippen LogP) is 1.90. The van der Waals surface area contributed by atoms with Gasteiger partial charge in [0.05, 0.1) is 11.8 Å². The number of hydrogen-bond donors (Lipinski definition) is 1. The third-order valence-electron chi connectivity index (χ3n) is 3.48. The molecule has 1 amide bonds. The van der Waals surface area contributed by atoms with Gasteiger partial charge in [-0.2, -0.15) is 5.26 Å². The zero-order chi connectivity index (χ0) is 14.6. The number of nitrogens with one attached hydrogen (secondary N) is 1. The molecule has 1 fully saturated rings. The summed E-state index contributed by atoms with van der Waals surface area (Å²) in [5.74, 6) is 0.145. The third kappa shape index (κ3) is 3.31. The van der Waals surface area contributed by atoms with Gasteiger partial charge in [0.2, 0.25) is 5.91 Å². The number of hydrogen-bond acceptors (Lipinski definition) is 5. The van der Waals surface area contributed by atoms with E-state index in [0.717, 1.165) is 30.8 Å². The molecule has 0 aromatic carbocycles. The summed E-state index contributed by atoms with van der Waals surface area (Å²) < 4.78 is 1.92. The molecular formula is C13H19N5OS. The van der Waals surface area contributed by atoms with Crippen LogP contribution in [0.2, 0.25) is 0 Å². The summed E-state index contributed by atoms with van der Waals surface area (Å²) >= 11 is 1.35. The van der Waals surface area contributed by atoms with Crippen LogP contribution in [0, 0.1) is 11.3 Å². The van der Waals surface area contributed by atoms with E-state index in [9.17, 15) is 10.1 Å². The Balaban J connectivity index is 1.89. The molecular weight excluding hydrogens is 274 g/mol. The smallest absolute Gasteiger partial charge is 0.231 e. The second kappa shape index (κ2) is 6.27. The van der Waals surface area contributed by atoms with Crippen LogP contribution in [-0.2, 0) is 4.79 Å². The molecule has 0 aliphatic heterocycles. The first kappa shape index (κ1) is 14.9. The molecule has 0 saturated heterocycles. The van der Waals surface area contributed by atoms with Crippen molar-refractivity contribution in [1.82, 2.24) is 20.1 Å². The van der Waals surface area contributed by atoms with Crippen LogP contribution < -0.4 is 5.32 Å². The van der Waals surface area contributed by atoms with Gasteiger partial charge in [0.15, 0.2) is 5.16 Å². The largest absolute Gasteiger partial charge is 0.337 e. The van der Waals surface area contributed by atoms with Crippen molar-refractivity contribution in [2.75, 3.05) is 5.75 Å². The van der Waals surface area contributed by atoms with Crippen molar-refractivity contribution < 1.29 is 4.79 Å². The second-order valence-electron chi connectivity index (χ2n) is 5.35. The van der Waals surface area contributed by atoms with Crippen LogP contribution in [0.15, 0.2) is 11.5 Å². The molecule has 1 N–H and O–H groups in total. The van der Waals surface area contributed by atoms with Gasteiger partial charge in [0.25, 0.3) is 0 Å². The Bertz CT molecular complexity index is 513. The number of carbonyl (C=O) groups excluding carboxylic acids is 1. The van der Waals surface area contributed by atoms with Crippen LogP contribution >= 0.6 is 11.8 Å². The van der Waals surface area contributed by atoms with Gasteiger partial charge in [0.1, 0.15) is 11.9 Å². The van der Waals surface area contributed by atoms with Crippen LogP contribution in [0.5, 0.6) is 0 Å².